The highest BCUT2D eigenvalue weighted by molar-refractivity contribution is 6.22. The maximum atomic E-state index is 12.6. The lowest BCUT2D eigenvalue weighted by Crippen LogP contribution is -2.30. The molecule has 1 aliphatic heterocycles. The van der Waals surface area contributed by atoms with Gasteiger partial charge >= 0.3 is 0 Å². The van der Waals surface area contributed by atoms with Crippen molar-refractivity contribution in [2.45, 2.75) is 25.7 Å². The van der Waals surface area contributed by atoms with Crippen LogP contribution in [0.25, 0.3) is 0 Å². The molecule has 0 radical (unpaired) electrons. The van der Waals surface area contributed by atoms with Gasteiger partial charge in [-0.05, 0) is 49.2 Å². The standard InChI is InChI=1S/C20H19NO3/c22-19-17-8-4-5-9-18(17)20(23)21(19)14-10-12-16(13-11-14)24-15-6-2-1-3-7-15/h1-3,6-7,10-13,17-18H,4-5,8-9H2/t17-,18+. The molecule has 2 amide bonds. The second kappa shape index (κ2) is 6.11. The zero-order chi connectivity index (χ0) is 16.5. The molecule has 2 aliphatic rings. The third kappa shape index (κ3) is 2.58. The molecule has 2 aromatic rings. The van der Waals surface area contributed by atoms with Gasteiger partial charge in [0.1, 0.15) is 11.5 Å². The minimum Gasteiger partial charge on any atom is -0.457 e. The third-order valence-electron chi connectivity index (χ3n) is 4.91. The summed E-state index contributed by atoms with van der Waals surface area (Å²) < 4.78 is 5.76. The number of amides is 2. The van der Waals surface area contributed by atoms with E-state index >= 15 is 0 Å². The molecular formula is C20H19NO3. The molecule has 4 nitrogen and oxygen atoms in total. The van der Waals surface area contributed by atoms with E-state index in [9.17, 15) is 9.59 Å². The molecule has 0 bridgehead atoms. The number of rotatable bonds is 3. The molecule has 0 N–H and O–H groups in total. The molecule has 2 fully saturated rings. The van der Waals surface area contributed by atoms with E-state index < -0.39 is 0 Å². The van der Waals surface area contributed by atoms with Crippen molar-refractivity contribution >= 4 is 17.5 Å². The van der Waals surface area contributed by atoms with Crippen molar-refractivity contribution in [2.75, 3.05) is 4.90 Å². The van der Waals surface area contributed by atoms with Gasteiger partial charge in [-0.15, -0.1) is 0 Å². The minimum atomic E-state index is -0.119. The third-order valence-corrected chi connectivity index (χ3v) is 4.91. The summed E-state index contributed by atoms with van der Waals surface area (Å²) >= 11 is 0. The topological polar surface area (TPSA) is 46.6 Å². The summed E-state index contributed by atoms with van der Waals surface area (Å²) in [6, 6.07) is 16.7. The maximum Gasteiger partial charge on any atom is 0.237 e. The number of para-hydroxylation sites is 1. The summed E-state index contributed by atoms with van der Waals surface area (Å²) in [5.74, 6) is 1.12. The van der Waals surface area contributed by atoms with Gasteiger partial charge in [0.05, 0.1) is 17.5 Å². The molecule has 2 atom stereocenters. The molecule has 0 spiro atoms. The first-order valence-electron chi connectivity index (χ1n) is 8.45. The van der Waals surface area contributed by atoms with E-state index in [2.05, 4.69) is 0 Å². The number of carbonyl (C=O) groups excluding carboxylic acids is 2. The Bertz CT molecular complexity index is 730. The van der Waals surface area contributed by atoms with Crippen LogP contribution < -0.4 is 9.64 Å². The number of ether oxygens (including phenoxy) is 1. The predicted molar refractivity (Wildman–Crippen MR) is 90.9 cm³/mol. The summed E-state index contributed by atoms with van der Waals surface area (Å²) in [5.41, 5.74) is 0.639. The number of nitrogens with zero attached hydrogens (tertiary/aromatic N) is 1. The van der Waals surface area contributed by atoms with Crippen molar-refractivity contribution in [3.05, 3.63) is 54.6 Å². The first-order chi connectivity index (χ1) is 11.7. The van der Waals surface area contributed by atoms with Gasteiger partial charge in [0.25, 0.3) is 0 Å². The molecule has 2 aromatic carbocycles. The van der Waals surface area contributed by atoms with E-state index in [1.54, 1.807) is 24.3 Å². The number of imide groups is 1. The molecule has 1 aliphatic carbocycles. The molecule has 0 unspecified atom stereocenters. The molecule has 4 rings (SSSR count). The normalized spacial score (nSPS) is 23.2. The van der Waals surface area contributed by atoms with Gasteiger partial charge in [0, 0.05) is 0 Å². The second-order valence-electron chi connectivity index (χ2n) is 6.42. The largest absolute Gasteiger partial charge is 0.457 e. The van der Waals surface area contributed by atoms with Gasteiger partial charge in [-0.2, -0.15) is 0 Å². The van der Waals surface area contributed by atoms with Gasteiger partial charge in [-0.1, -0.05) is 31.0 Å². The zero-order valence-electron chi connectivity index (χ0n) is 13.4. The molecule has 1 saturated heterocycles. The Morgan fingerprint density at radius 1 is 0.750 bits per heavy atom. The van der Waals surface area contributed by atoms with E-state index in [-0.39, 0.29) is 23.7 Å². The zero-order valence-corrected chi connectivity index (χ0v) is 13.4. The van der Waals surface area contributed by atoms with Crippen LogP contribution in [0, 0.1) is 11.8 Å². The lowest BCUT2D eigenvalue weighted by Gasteiger charge is -2.19. The Kier molecular flexibility index (Phi) is 3.81. The maximum absolute atomic E-state index is 12.6. The first kappa shape index (κ1) is 14.9. The van der Waals surface area contributed by atoms with E-state index in [0.29, 0.717) is 11.4 Å². The lowest BCUT2D eigenvalue weighted by atomic mass is 9.81. The Hall–Kier alpha value is -2.62. The molecule has 24 heavy (non-hydrogen) atoms. The highest BCUT2D eigenvalue weighted by atomic mass is 16.5. The Balaban J connectivity index is 1.54. The quantitative estimate of drug-likeness (QED) is 0.798. The summed E-state index contributed by atoms with van der Waals surface area (Å²) in [6.45, 7) is 0. The van der Waals surface area contributed by atoms with Gasteiger partial charge in [0.15, 0.2) is 0 Å². The van der Waals surface area contributed by atoms with Crippen LogP contribution in [0.3, 0.4) is 0 Å². The first-order valence-corrected chi connectivity index (χ1v) is 8.45. The number of carbonyl (C=O) groups is 2. The summed E-state index contributed by atoms with van der Waals surface area (Å²) in [6.07, 6.45) is 3.75. The average Bonchev–Trinajstić information content (AvgIpc) is 2.88. The summed E-state index contributed by atoms with van der Waals surface area (Å²) in [5, 5.41) is 0. The number of fused-ring (bicyclic) bond motifs is 1. The van der Waals surface area contributed by atoms with E-state index in [1.165, 1.54) is 4.90 Å². The molecule has 1 saturated carbocycles. The Morgan fingerprint density at radius 2 is 1.29 bits per heavy atom. The Morgan fingerprint density at radius 3 is 1.88 bits per heavy atom. The lowest BCUT2D eigenvalue weighted by molar-refractivity contribution is -0.122. The van der Waals surface area contributed by atoms with Crippen LogP contribution >= 0.6 is 0 Å². The molecular weight excluding hydrogens is 302 g/mol. The highest BCUT2D eigenvalue weighted by Crippen LogP contribution is 2.40. The van der Waals surface area contributed by atoms with E-state index in [4.69, 9.17) is 4.74 Å². The van der Waals surface area contributed by atoms with Crippen molar-refractivity contribution in [1.29, 1.82) is 0 Å². The molecule has 0 aromatic heterocycles. The molecule has 122 valence electrons. The van der Waals surface area contributed by atoms with Crippen molar-refractivity contribution in [3.63, 3.8) is 0 Å². The van der Waals surface area contributed by atoms with Crippen molar-refractivity contribution < 1.29 is 14.3 Å². The molecule has 4 heteroatoms. The van der Waals surface area contributed by atoms with E-state index in [1.807, 2.05) is 30.3 Å². The monoisotopic (exact) mass is 321 g/mol. The van der Waals surface area contributed by atoms with Gasteiger partial charge < -0.3 is 4.74 Å². The molecule has 1 heterocycles. The minimum absolute atomic E-state index is 0.0403. The second-order valence-corrected chi connectivity index (χ2v) is 6.42. The van der Waals surface area contributed by atoms with Gasteiger partial charge in [0.2, 0.25) is 11.8 Å². The van der Waals surface area contributed by atoms with Crippen molar-refractivity contribution in [2.24, 2.45) is 11.8 Å². The number of anilines is 1. The van der Waals surface area contributed by atoms with Crippen LogP contribution in [0.5, 0.6) is 11.5 Å². The predicted octanol–water partition coefficient (Wildman–Crippen LogP) is 4.16. The number of benzene rings is 2. The van der Waals surface area contributed by atoms with Crippen molar-refractivity contribution in [1.82, 2.24) is 0 Å². The smallest absolute Gasteiger partial charge is 0.237 e. The van der Waals surface area contributed by atoms with Crippen molar-refractivity contribution in [3.8, 4) is 11.5 Å². The van der Waals surface area contributed by atoms with Crippen LogP contribution in [0.4, 0.5) is 5.69 Å². The fourth-order valence-corrected chi connectivity index (χ4v) is 3.70. The highest BCUT2D eigenvalue weighted by Gasteiger charge is 2.48. The number of hydrogen-bond acceptors (Lipinski definition) is 3. The fraction of sp³-hybridized carbons (Fsp3) is 0.300. The van der Waals surface area contributed by atoms with Crippen LogP contribution in [-0.2, 0) is 9.59 Å². The van der Waals surface area contributed by atoms with Gasteiger partial charge in [-0.25, -0.2) is 0 Å². The van der Waals surface area contributed by atoms with Crippen LogP contribution in [0.1, 0.15) is 25.7 Å². The Labute approximate surface area is 141 Å². The van der Waals surface area contributed by atoms with Crippen LogP contribution in [-0.4, -0.2) is 11.8 Å². The van der Waals surface area contributed by atoms with Crippen LogP contribution in [0.15, 0.2) is 54.6 Å². The van der Waals surface area contributed by atoms with E-state index in [0.717, 1.165) is 31.4 Å². The number of hydrogen-bond donors (Lipinski definition) is 0. The summed E-state index contributed by atoms with van der Waals surface area (Å²) in [4.78, 5) is 26.6. The average molecular weight is 321 g/mol. The van der Waals surface area contributed by atoms with Gasteiger partial charge in [-0.3, -0.25) is 14.5 Å². The summed E-state index contributed by atoms with van der Waals surface area (Å²) in [7, 11) is 0. The SMILES string of the molecule is O=C1[C@H]2CCCC[C@H]2C(=O)N1c1ccc(Oc2ccccc2)cc1. The van der Waals surface area contributed by atoms with Crippen LogP contribution in [0.2, 0.25) is 0 Å². The fourth-order valence-electron chi connectivity index (χ4n) is 3.70.